The molecule has 1 heterocycles. The van der Waals surface area contributed by atoms with Gasteiger partial charge in [0.1, 0.15) is 28.2 Å². The van der Waals surface area contributed by atoms with Crippen LogP contribution in [0.2, 0.25) is 0 Å². The number of fused-ring (bicyclic) bond motifs is 1. The Morgan fingerprint density at radius 1 is 1.00 bits per heavy atom. The monoisotopic (exact) mass is 295 g/mol. The van der Waals surface area contributed by atoms with Gasteiger partial charge in [-0.05, 0) is 24.3 Å². The standard InChI is InChI=1S/C13H8F3N3O2/c14-13(15,16)8-2-1-3-9-12(8)18-19(17-9)10-5-4-7(20)6-11(10)21/h1-6,20-21H. The van der Waals surface area contributed by atoms with Gasteiger partial charge in [0.2, 0.25) is 0 Å². The average molecular weight is 295 g/mol. The molecule has 0 fully saturated rings. The molecule has 2 aromatic carbocycles. The van der Waals surface area contributed by atoms with E-state index in [0.29, 0.717) is 0 Å². The molecule has 0 spiro atoms. The van der Waals surface area contributed by atoms with Crippen LogP contribution in [-0.2, 0) is 6.18 Å². The summed E-state index contributed by atoms with van der Waals surface area (Å²) >= 11 is 0. The number of aromatic hydroxyl groups is 2. The van der Waals surface area contributed by atoms with Crippen molar-refractivity contribution in [2.45, 2.75) is 6.18 Å². The van der Waals surface area contributed by atoms with Crippen molar-refractivity contribution in [1.82, 2.24) is 15.0 Å². The number of aromatic nitrogens is 3. The maximum atomic E-state index is 12.9. The number of hydrogen-bond acceptors (Lipinski definition) is 4. The lowest BCUT2D eigenvalue weighted by Gasteiger charge is -2.05. The molecule has 5 nitrogen and oxygen atoms in total. The number of halogens is 3. The zero-order chi connectivity index (χ0) is 15.2. The number of rotatable bonds is 1. The van der Waals surface area contributed by atoms with E-state index in [0.717, 1.165) is 16.9 Å². The number of nitrogens with zero attached hydrogens (tertiary/aromatic N) is 3. The number of phenolic OH excluding ortho intramolecular Hbond substituents is 2. The van der Waals surface area contributed by atoms with Crippen LogP contribution in [0.25, 0.3) is 16.7 Å². The molecule has 0 aliphatic heterocycles. The van der Waals surface area contributed by atoms with Gasteiger partial charge in [-0.3, -0.25) is 0 Å². The van der Waals surface area contributed by atoms with E-state index >= 15 is 0 Å². The van der Waals surface area contributed by atoms with E-state index in [-0.39, 0.29) is 28.2 Å². The fourth-order valence-electron chi connectivity index (χ4n) is 1.95. The lowest BCUT2D eigenvalue weighted by molar-refractivity contribution is -0.136. The highest BCUT2D eigenvalue weighted by atomic mass is 19.4. The molecule has 0 radical (unpaired) electrons. The molecule has 3 rings (SSSR count). The highest BCUT2D eigenvalue weighted by molar-refractivity contribution is 5.78. The van der Waals surface area contributed by atoms with Gasteiger partial charge < -0.3 is 10.2 Å². The van der Waals surface area contributed by atoms with Gasteiger partial charge in [-0.25, -0.2) is 0 Å². The average Bonchev–Trinajstić information content (AvgIpc) is 2.80. The van der Waals surface area contributed by atoms with Gasteiger partial charge in [-0.15, -0.1) is 15.0 Å². The molecule has 0 saturated carbocycles. The van der Waals surface area contributed by atoms with Crippen LogP contribution in [0.1, 0.15) is 5.56 Å². The van der Waals surface area contributed by atoms with Crippen molar-refractivity contribution in [2.75, 3.05) is 0 Å². The summed E-state index contributed by atoms with van der Waals surface area (Å²) in [5, 5.41) is 26.6. The number of hydrogen-bond donors (Lipinski definition) is 2. The van der Waals surface area contributed by atoms with Crippen molar-refractivity contribution in [3.05, 3.63) is 42.0 Å². The van der Waals surface area contributed by atoms with Crippen molar-refractivity contribution in [3.8, 4) is 17.2 Å². The van der Waals surface area contributed by atoms with Gasteiger partial charge >= 0.3 is 6.18 Å². The molecule has 0 atom stereocenters. The molecule has 108 valence electrons. The molecule has 0 aliphatic carbocycles. The van der Waals surface area contributed by atoms with Crippen molar-refractivity contribution in [3.63, 3.8) is 0 Å². The first-order chi connectivity index (χ1) is 9.86. The van der Waals surface area contributed by atoms with Crippen LogP contribution in [0.4, 0.5) is 13.2 Å². The highest BCUT2D eigenvalue weighted by Gasteiger charge is 2.34. The molecule has 8 heteroatoms. The molecule has 2 N–H and O–H groups in total. The first-order valence-corrected chi connectivity index (χ1v) is 5.82. The van der Waals surface area contributed by atoms with Crippen LogP contribution in [0, 0.1) is 0 Å². The Kier molecular flexibility index (Phi) is 2.75. The minimum absolute atomic E-state index is 0.0531. The Morgan fingerprint density at radius 3 is 2.43 bits per heavy atom. The summed E-state index contributed by atoms with van der Waals surface area (Å²) < 4.78 is 38.7. The van der Waals surface area contributed by atoms with Gasteiger partial charge in [0.05, 0.1) is 5.56 Å². The van der Waals surface area contributed by atoms with Crippen LogP contribution in [-0.4, -0.2) is 25.2 Å². The molecule has 0 unspecified atom stereocenters. The predicted octanol–water partition coefficient (Wildman–Crippen LogP) is 2.85. The Bertz CT molecular complexity index is 827. The van der Waals surface area contributed by atoms with Crippen molar-refractivity contribution in [2.24, 2.45) is 0 Å². The molecular formula is C13H8F3N3O2. The molecule has 0 aliphatic rings. The lowest BCUT2D eigenvalue weighted by atomic mass is 10.2. The number of alkyl halides is 3. The van der Waals surface area contributed by atoms with Crippen molar-refractivity contribution >= 4 is 11.0 Å². The topological polar surface area (TPSA) is 71.2 Å². The minimum atomic E-state index is -4.54. The smallest absolute Gasteiger partial charge is 0.418 e. The Morgan fingerprint density at radius 2 is 1.76 bits per heavy atom. The summed E-state index contributed by atoms with van der Waals surface area (Å²) in [6.45, 7) is 0. The lowest BCUT2D eigenvalue weighted by Crippen LogP contribution is -2.06. The molecule has 3 aromatic rings. The first kappa shape index (κ1) is 13.2. The van der Waals surface area contributed by atoms with E-state index in [4.69, 9.17) is 0 Å². The summed E-state index contributed by atoms with van der Waals surface area (Å²) in [6.07, 6.45) is -4.54. The SMILES string of the molecule is Oc1ccc(-n2nc3cccc(C(F)(F)F)c3n2)c(O)c1. The largest absolute Gasteiger partial charge is 0.508 e. The maximum Gasteiger partial charge on any atom is 0.418 e. The van der Waals surface area contributed by atoms with Gasteiger partial charge in [-0.1, -0.05) is 6.07 Å². The van der Waals surface area contributed by atoms with Crippen LogP contribution in [0.3, 0.4) is 0 Å². The maximum absolute atomic E-state index is 12.9. The van der Waals surface area contributed by atoms with E-state index in [2.05, 4.69) is 10.2 Å². The predicted molar refractivity (Wildman–Crippen MR) is 67.2 cm³/mol. The molecule has 1 aromatic heterocycles. The second kappa shape index (κ2) is 4.37. The van der Waals surface area contributed by atoms with Crippen molar-refractivity contribution in [1.29, 1.82) is 0 Å². The summed E-state index contributed by atoms with van der Waals surface area (Å²) in [4.78, 5) is 0.898. The molecule has 0 amide bonds. The second-order valence-corrected chi connectivity index (χ2v) is 4.33. The van der Waals surface area contributed by atoms with Crippen LogP contribution < -0.4 is 0 Å². The van der Waals surface area contributed by atoms with Crippen molar-refractivity contribution < 1.29 is 23.4 Å². The Balaban J connectivity index is 2.22. The first-order valence-electron chi connectivity index (χ1n) is 5.82. The number of benzene rings is 2. The fraction of sp³-hybridized carbons (Fsp3) is 0.0769. The molecule has 0 saturated heterocycles. The Hall–Kier alpha value is -2.77. The third-order valence-electron chi connectivity index (χ3n) is 2.89. The summed E-state index contributed by atoms with van der Waals surface area (Å²) in [5.74, 6) is -0.521. The highest BCUT2D eigenvalue weighted by Crippen LogP contribution is 2.34. The fourth-order valence-corrected chi connectivity index (χ4v) is 1.95. The van der Waals surface area contributed by atoms with E-state index in [9.17, 15) is 23.4 Å². The molecular weight excluding hydrogens is 287 g/mol. The summed E-state index contributed by atoms with van der Waals surface area (Å²) in [6, 6.07) is 7.17. The van der Waals surface area contributed by atoms with Gasteiger partial charge in [0.25, 0.3) is 0 Å². The quantitative estimate of drug-likeness (QED) is 0.724. The van der Waals surface area contributed by atoms with E-state index in [1.807, 2.05) is 0 Å². The third-order valence-corrected chi connectivity index (χ3v) is 2.89. The Labute approximate surface area is 115 Å². The number of phenols is 2. The second-order valence-electron chi connectivity index (χ2n) is 4.33. The third kappa shape index (κ3) is 2.24. The van der Waals surface area contributed by atoms with Gasteiger partial charge in [-0.2, -0.15) is 13.2 Å². The van der Waals surface area contributed by atoms with E-state index in [1.165, 1.54) is 24.3 Å². The van der Waals surface area contributed by atoms with E-state index < -0.39 is 11.7 Å². The summed E-state index contributed by atoms with van der Waals surface area (Å²) in [5.41, 5.74) is -1.09. The summed E-state index contributed by atoms with van der Waals surface area (Å²) in [7, 11) is 0. The minimum Gasteiger partial charge on any atom is -0.508 e. The van der Waals surface area contributed by atoms with Crippen LogP contribution in [0.15, 0.2) is 36.4 Å². The zero-order valence-corrected chi connectivity index (χ0v) is 10.3. The van der Waals surface area contributed by atoms with Gasteiger partial charge in [0, 0.05) is 6.07 Å². The van der Waals surface area contributed by atoms with Crippen LogP contribution in [0.5, 0.6) is 11.5 Å². The normalized spacial score (nSPS) is 12.0. The van der Waals surface area contributed by atoms with E-state index in [1.54, 1.807) is 0 Å². The zero-order valence-electron chi connectivity index (χ0n) is 10.3. The van der Waals surface area contributed by atoms with Crippen LogP contribution >= 0.6 is 0 Å². The molecule has 21 heavy (non-hydrogen) atoms. The molecule has 0 bridgehead atoms. The van der Waals surface area contributed by atoms with Gasteiger partial charge in [0.15, 0.2) is 0 Å².